The number of para-hydroxylation sites is 1. The van der Waals surface area contributed by atoms with Crippen LogP contribution in [0.15, 0.2) is 24.3 Å². The number of amides is 1. The molecule has 4 heterocycles. The van der Waals surface area contributed by atoms with E-state index in [1.54, 1.807) is 5.06 Å². The molecule has 1 atom stereocenters. The summed E-state index contributed by atoms with van der Waals surface area (Å²) < 4.78 is 0. The smallest absolute Gasteiger partial charge is 0.322 e. The summed E-state index contributed by atoms with van der Waals surface area (Å²) in [6.45, 7) is 4.07. The number of carbonyl (C=O) groups excluding carboxylic acids is 1. The molecule has 3 fully saturated rings. The molecule has 0 saturated carbocycles. The van der Waals surface area contributed by atoms with Gasteiger partial charge in [-0.3, -0.25) is 0 Å². The summed E-state index contributed by atoms with van der Waals surface area (Å²) in [6, 6.07) is 8.34. The lowest BCUT2D eigenvalue weighted by atomic mass is 9.84. The zero-order valence-corrected chi connectivity index (χ0v) is 12.1. The van der Waals surface area contributed by atoms with E-state index in [1.807, 2.05) is 18.2 Å². The molecule has 2 bridgehead atoms. The predicted molar refractivity (Wildman–Crippen MR) is 80.1 cm³/mol. The van der Waals surface area contributed by atoms with Gasteiger partial charge in [0, 0.05) is 12.6 Å². The highest BCUT2D eigenvalue weighted by molar-refractivity contribution is 5.70. The van der Waals surface area contributed by atoms with Crippen LogP contribution < -0.4 is 10.4 Å². The van der Waals surface area contributed by atoms with E-state index < -0.39 is 0 Å². The molecular weight excluding hydrogens is 266 g/mol. The van der Waals surface area contributed by atoms with Crippen molar-refractivity contribution < 1.29 is 9.63 Å². The molecule has 0 spiro atoms. The van der Waals surface area contributed by atoms with Crippen LogP contribution in [0.3, 0.4) is 0 Å². The molecule has 5 heteroatoms. The third-order valence-electron chi connectivity index (χ3n) is 5.00. The van der Waals surface area contributed by atoms with E-state index in [-0.39, 0.29) is 12.1 Å². The van der Waals surface area contributed by atoms with Crippen LogP contribution in [0.4, 0.5) is 10.5 Å². The lowest BCUT2D eigenvalue weighted by Gasteiger charge is -2.44. The van der Waals surface area contributed by atoms with Crippen molar-refractivity contribution in [1.82, 2.24) is 10.2 Å². The summed E-state index contributed by atoms with van der Waals surface area (Å²) in [4.78, 5) is 20.1. The van der Waals surface area contributed by atoms with Gasteiger partial charge in [0.2, 0.25) is 0 Å². The van der Waals surface area contributed by atoms with Crippen LogP contribution in [0.2, 0.25) is 0 Å². The molecule has 4 aliphatic heterocycles. The van der Waals surface area contributed by atoms with Gasteiger partial charge in [-0.05, 0) is 49.9 Å². The minimum absolute atomic E-state index is 0.248. The van der Waals surface area contributed by atoms with Gasteiger partial charge in [0.05, 0.1) is 12.2 Å². The summed E-state index contributed by atoms with van der Waals surface area (Å²) in [5.41, 5.74) is 2.26. The summed E-state index contributed by atoms with van der Waals surface area (Å²) in [5, 5.41) is 4.78. The molecule has 0 aromatic heterocycles. The molecule has 5 rings (SSSR count). The van der Waals surface area contributed by atoms with Crippen LogP contribution in [-0.2, 0) is 11.3 Å². The van der Waals surface area contributed by atoms with Crippen molar-refractivity contribution in [3.05, 3.63) is 29.8 Å². The van der Waals surface area contributed by atoms with E-state index in [0.29, 0.717) is 5.92 Å². The number of nitrogens with zero attached hydrogens (tertiary/aromatic N) is 2. The maximum atomic E-state index is 12.2. The van der Waals surface area contributed by atoms with Crippen LogP contribution in [0.1, 0.15) is 18.4 Å². The van der Waals surface area contributed by atoms with Gasteiger partial charge in [0.1, 0.15) is 0 Å². The Labute approximate surface area is 124 Å². The Kier molecular flexibility index (Phi) is 3.22. The Bertz CT molecular complexity index is 540. The zero-order chi connectivity index (χ0) is 14.2. The molecule has 1 aromatic rings. The van der Waals surface area contributed by atoms with Gasteiger partial charge < -0.3 is 15.1 Å². The average Bonchev–Trinajstić information content (AvgIpc) is 2.92. The fourth-order valence-corrected chi connectivity index (χ4v) is 3.81. The summed E-state index contributed by atoms with van der Waals surface area (Å²) in [5.74, 6) is 0.619. The number of rotatable bonds is 2. The van der Waals surface area contributed by atoms with E-state index in [2.05, 4.69) is 16.3 Å². The fraction of sp³-hybridized carbons (Fsp3) is 0.562. The number of nitrogens with one attached hydrogen (secondary N) is 1. The SMILES string of the molecule is O=C(NC1CN2CCC1CC2)ON1CCc2ccccc21. The Morgan fingerprint density at radius 3 is 2.76 bits per heavy atom. The Balaban J connectivity index is 1.37. The number of fused-ring (bicyclic) bond motifs is 4. The van der Waals surface area contributed by atoms with Crippen molar-refractivity contribution in [3.8, 4) is 0 Å². The van der Waals surface area contributed by atoms with Crippen LogP contribution in [-0.4, -0.2) is 43.2 Å². The lowest BCUT2D eigenvalue weighted by molar-refractivity contribution is 0.0636. The monoisotopic (exact) mass is 287 g/mol. The largest absolute Gasteiger partial charge is 0.431 e. The highest BCUT2D eigenvalue weighted by Crippen LogP contribution is 2.29. The number of anilines is 1. The Hall–Kier alpha value is -1.75. The molecule has 3 saturated heterocycles. The molecule has 0 radical (unpaired) electrons. The molecule has 1 N–H and O–H groups in total. The first-order valence-electron chi connectivity index (χ1n) is 7.86. The van der Waals surface area contributed by atoms with Crippen LogP contribution in [0.25, 0.3) is 0 Å². The topological polar surface area (TPSA) is 44.8 Å². The lowest BCUT2D eigenvalue weighted by Crippen LogP contribution is -2.57. The Morgan fingerprint density at radius 2 is 2.00 bits per heavy atom. The fourth-order valence-electron chi connectivity index (χ4n) is 3.81. The molecule has 1 amide bonds. The normalized spacial score (nSPS) is 30.1. The second-order valence-electron chi connectivity index (χ2n) is 6.25. The maximum Gasteiger partial charge on any atom is 0.431 e. The van der Waals surface area contributed by atoms with Gasteiger partial charge in [0.25, 0.3) is 0 Å². The summed E-state index contributed by atoms with van der Waals surface area (Å²) >= 11 is 0. The predicted octanol–water partition coefficient (Wildman–Crippen LogP) is 1.78. The first-order chi connectivity index (χ1) is 10.3. The maximum absolute atomic E-state index is 12.2. The summed E-state index contributed by atoms with van der Waals surface area (Å²) in [6.07, 6.45) is 3.00. The van der Waals surface area contributed by atoms with Gasteiger partial charge in [-0.15, -0.1) is 0 Å². The van der Waals surface area contributed by atoms with Gasteiger partial charge in [-0.2, -0.15) is 0 Å². The number of carbonyl (C=O) groups is 1. The Morgan fingerprint density at radius 1 is 1.19 bits per heavy atom. The van der Waals surface area contributed by atoms with Crippen molar-refractivity contribution in [2.24, 2.45) is 5.92 Å². The second kappa shape index (κ2) is 5.22. The van der Waals surface area contributed by atoms with Gasteiger partial charge in [-0.1, -0.05) is 18.2 Å². The number of hydrogen-bond acceptors (Lipinski definition) is 4. The standard InChI is InChI=1S/C16H21N3O2/c20-16(17-14-11-18-8-5-12(14)6-9-18)21-19-10-7-13-3-1-2-4-15(13)19/h1-4,12,14H,5-11H2,(H,17,20). The molecule has 0 aliphatic carbocycles. The first-order valence-corrected chi connectivity index (χ1v) is 7.86. The molecule has 112 valence electrons. The zero-order valence-electron chi connectivity index (χ0n) is 12.1. The summed E-state index contributed by atoms with van der Waals surface area (Å²) in [7, 11) is 0. The minimum Gasteiger partial charge on any atom is -0.322 e. The molecular formula is C16H21N3O2. The highest BCUT2D eigenvalue weighted by Gasteiger charge is 2.35. The molecule has 21 heavy (non-hydrogen) atoms. The van der Waals surface area contributed by atoms with Crippen LogP contribution in [0, 0.1) is 5.92 Å². The van der Waals surface area contributed by atoms with Crippen molar-refractivity contribution >= 4 is 11.8 Å². The number of hydroxylamine groups is 1. The van der Waals surface area contributed by atoms with Crippen molar-refractivity contribution in [2.75, 3.05) is 31.2 Å². The van der Waals surface area contributed by atoms with E-state index >= 15 is 0 Å². The van der Waals surface area contributed by atoms with E-state index in [1.165, 1.54) is 31.5 Å². The average molecular weight is 287 g/mol. The van der Waals surface area contributed by atoms with Gasteiger partial charge >= 0.3 is 6.09 Å². The van der Waals surface area contributed by atoms with Gasteiger partial charge in [0.15, 0.2) is 0 Å². The highest BCUT2D eigenvalue weighted by atomic mass is 16.7. The van der Waals surface area contributed by atoms with Crippen molar-refractivity contribution in [1.29, 1.82) is 0 Å². The van der Waals surface area contributed by atoms with Crippen LogP contribution in [0.5, 0.6) is 0 Å². The van der Waals surface area contributed by atoms with Crippen LogP contribution >= 0.6 is 0 Å². The molecule has 4 aliphatic rings. The molecule has 5 nitrogen and oxygen atoms in total. The van der Waals surface area contributed by atoms with E-state index in [0.717, 1.165) is 25.2 Å². The number of hydrogen-bond donors (Lipinski definition) is 1. The molecule has 1 aromatic carbocycles. The van der Waals surface area contributed by atoms with Crippen molar-refractivity contribution in [3.63, 3.8) is 0 Å². The quantitative estimate of drug-likeness (QED) is 0.900. The third kappa shape index (κ3) is 2.46. The van der Waals surface area contributed by atoms with Crippen molar-refractivity contribution in [2.45, 2.75) is 25.3 Å². The van der Waals surface area contributed by atoms with Gasteiger partial charge in [-0.25, -0.2) is 9.86 Å². The number of piperidine rings is 3. The first kappa shape index (κ1) is 13.0. The molecule has 1 unspecified atom stereocenters. The second-order valence-corrected chi connectivity index (χ2v) is 6.25. The third-order valence-corrected chi connectivity index (χ3v) is 5.00. The number of benzene rings is 1. The minimum atomic E-state index is -0.314. The van der Waals surface area contributed by atoms with E-state index in [9.17, 15) is 4.79 Å². The van der Waals surface area contributed by atoms with E-state index in [4.69, 9.17) is 4.84 Å².